The van der Waals surface area contributed by atoms with Gasteiger partial charge in [-0.05, 0) is 30.7 Å². The first-order chi connectivity index (χ1) is 12.3. The van der Waals surface area contributed by atoms with Gasteiger partial charge in [0.25, 0.3) is 0 Å². The highest BCUT2D eigenvalue weighted by atomic mass is 16.2. The molecule has 2 aromatic carbocycles. The third kappa shape index (κ3) is 3.35. The van der Waals surface area contributed by atoms with Crippen LogP contribution in [0.1, 0.15) is 12.2 Å². The lowest BCUT2D eigenvalue weighted by atomic mass is 10.3. The van der Waals surface area contributed by atoms with Crippen LogP contribution in [0.3, 0.4) is 0 Å². The predicted octanol–water partition coefficient (Wildman–Crippen LogP) is 2.06. The number of amides is 1. The molecule has 0 atom stereocenters. The fourth-order valence-corrected chi connectivity index (χ4v) is 2.83. The van der Waals surface area contributed by atoms with Crippen molar-refractivity contribution in [2.45, 2.75) is 19.4 Å². The van der Waals surface area contributed by atoms with Gasteiger partial charge >= 0.3 is 0 Å². The smallest absolute Gasteiger partial charge is 0.241 e. The van der Waals surface area contributed by atoms with E-state index in [1.165, 1.54) is 0 Å². The Morgan fingerprint density at radius 3 is 2.76 bits per heavy atom. The fourth-order valence-electron chi connectivity index (χ4n) is 2.83. The molecule has 0 aliphatic carbocycles. The summed E-state index contributed by atoms with van der Waals surface area (Å²) in [5.74, 6) is 0.873. The monoisotopic (exact) mass is 334 g/mol. The van der Waals surface area contributed by atoms with E-state index in [2.05, 4.69) is 25.6 Å². The average Bonchev–Trinajstić information content (AvgIpc) is 3.23. The molecular weight excluding hydrogens is 316 g/mol. The molecule has 0 radical (unpaired) electrons. The number of aryl methyl sites for hydroxylation is 1. The number of carbonyl (C=O) groups excluding carboxylic acids is 1. The van der Waals surface area contributed by atoms with Gasteiger partial charge in [0.15, 0.2) is 0 Å². The Hall–Kier alpha value is -3.22. The van der Waals surface area contributed by atoms with Crippen molar-refractivity contribution in [3.05, 3.63) is 54.4 Å². The van der Waals surface area contributed by atoms with Crippen molar-refractivity contribution in [3.63, 3.8) is 0 Å². The molecular formula is C18H18N6O. The SMILES string of the molecule is O=C(Cn1nnc2ccccc21)NCCCc1nc2ccccc2[nH]1. The fraction of sp³-hybridized carbons (Fsp3) is 0.222. The molecule has 7 nitrogen and oxygen atoms in total. The normalized spacial score (nSPS) is 11.2. The Labute approximate surface area is 144 Å². The summed E-state index contributed by atoms with van der Waals surface area (Å²) in [6.07, 6.45) is 1.62. The second-order valence-electron chi connectivity index (χ2n) is 5.89. The highest BCUT2D eigenvalue weighted by Gasteiger charge is 2.08. The summed E-state index contributed by atoms with van der Waals surface area (Å²) in [4.78, 5) is 19.9. The van der Waals surface area contributed by atoms with Crippen LogP contribution in [0.2, 0.25) is 0 Å². The molecule has 7 heteroatoms. The van der Waals surface area contributed by atoms with Crippen molar-refractivity contribution in [2.75, 3.05) is 6.54 Å². The number of hydrogen-bond acceptors (Lipinski definition) is 4. The maximum Gasteiger partial charge on any atom is 0.241 e. The number of carbonyl (C=O) groups is 1. The number of aromatic amines is 1. The largest absolute Gasteiger partial charge is 0.354 e. The van der Waals surface area contributed by atoms with Gasteiger partial charge < -0.3 is 10.3 Å². The van der Waals surface area contributed by atoms with E-state index in [1.807, 2.05) is 48.5 Å². The van der Waals surface area contributed by atoms with Crippen LogP contribution in [0.15, 0.2) is 48.5 Å². The van der Waals surface area contributed by atoms with E-state index in [0.717, 1.165) is 40.7 Å². The van der Waals surface area contributed by atoms with Crippen LogP contribution in [0, 0.1) is 0 Å². The highest BCUT2D eigenvalue weighted by Crippen LogP contribution is 2.11. The molecule has 2 N–H and O–H groups in total. The second-order valence-corrected chi connectivity index (χ2v) is 5.89. The molecule has 0 bridgehead atoms. The maximum atomic E-state index is 12.1. The van der Waals surface area contributed by atoms with Crippen LogP contribution in [0.5, 0.6) is 0 Å². The molecule has 0 aliphatic rings. The number of imidazole rings is 1. The summed E-state index contributed by atoms with van der Waals surface area (Å²) in [6.45, 7) is 0.771. The van der Waals surface area contributed by atoms with Crippen molar-refractivity contribution in [2.24, 2.45) is 0 Å². The average molecular weight is 334 g/mol. The molecule has 2 heterocycles. The quantitative estimate of drug-likeness (QED) is 0.528. The molecule has 0 saturated carbocycles. The first-order valence-corrected chi connectivity index (χ1v) is 8.28. The zero-order valence-corrected chi connectivity index (χ0v) is 13.6. The number of fused-ring (bicyclic) bond motifs is 2. The molecule has 0 fully saturated rings. The van der Waals surface area contributed by atoms with E-state index in [-0.39, 0.29) is 12.5 Å². The topological polar surface area (TPSA) is 88.5 Å². The number of H-pyrrole nitrogens is 1. The summed E-state index contributed by atoms with van der Waals surface area (Å²) in [6, 6.07) is 15.6. The zero-order valence-electron chi connectivity index (χ0n) is 13.6. The number of hydrogen-bond donors (Lipinski definition) is 2. The molecule has 4 aromatic rings. The van der Waals surface area contributed by atoms with Crippen molar-refractivity contribution in [1.29, 1.82) is 0 Å². The molecule has 0 unspecified atom stereocenters. The Balaban J connectivity index is 1.27. The summed E-state index contributed by atoms with van der Waals surface area (Å²) in [5, 5.41) is 11.0. The van der Waals surface area contributed by atoms with Crippen LogP contribution in [-0.4, -0.2) is 37.4 Å². The molecule has 0 saturated heterocycles. The lowest BCUT2D eigenvalue weighted by molar-refractivity contribution is -0.121. The van der Waals surface area contributed by atoms with Gasteiger partial charge in [-0.2, -0.15) is 0 Å². The van der Waals surface area contributed by atoms with Crippen molar-refractivity contribution < 1.29 is 4.79 Å². The number of benzene rings is 2. The van der Waals surface area contributed by atoms with E-state index in [9.17, 15) is 4.79 Å². The number of nitrogens with one attached hydrogen (secondary N) is 2. The lowest BCUT2D eigenvalue weighted by Gasteiger charge is -2.05. The van der Waals surface area contributed by atoms with Crippen LogP contribution in [0.4, 0.5) is 0 Å². The molecule has 2 aromatic heterocycles. The van der Waals surface area contributed by atoms with Crippen LogP contribution in [0.25, 0.3) is 22.1 Å². The number of para-hydroxylation sites is 3. The first kappa shape index (κ1) is 15.3. The van der Waals surface area contributed by atoms with Crippen molar-refractivity contribution in [3.8, 4) is 0 Å². The van der Waals surface area contributed by atoms with Crippen LogP contribution >= 0.6 is 0 Å². The van der Waals surface area contributed by atoms with Gasteiger partial charge in [0, 0.05) is 13.0 Å². The maximum absolute atomic E-state index is 12.1. The van der Waals surface area contributed by atoms with Gasteiger partial charge in [0.1, 0.15) is 17.9 Å². The summed E-state index contributed by atoms with van der Waals surface area (Å²) in [5.41, 5.74) is 3.67. The van der Waals surface area contributed by atoms with Crippen LogP contribution < -0.4 is 5.32 Å². The Kier molecular flexibility index (Phi) is 4.12. The Morgan fingerprint density at radius 1 is 1.08 bits per heavy atom. The standard InChI is InChI=1S/C18H18N6O/c25-18(12-24-16-9-4-3-8-15(16)22-23-24)19-11-5-10-17-20-13-6-1-2-7-14(13)21-17/h1-4,6-9H,5,10-12H2,(H,19,25)(H,20,21). The predicted molar refractivity (Wildman–Crippen MR) is 95.0 cm³/mol. The first-order valence-electron chi connectivity index (χ1n) is 8.28. The lowest BCUT2D eigenvalue weighted by Crippen LogP contribution is -2.29. The minimum atomic E-state index is -0.0692. The summed E-state index contributed by atoms with van der Waals surface area (Å²) in [7, 11) is 0. The van der Waals surface area contributed by atoms with Gasteiger partial charge in [-0.1, -0.05) is 29.5 Å². The van der Waals surface area contributed by atoms with E-state index in [1.54, 1.807) is 4.68 Å². The number of nitrogens with zero attached hydrogens (tertiary/aromatic N) is 4. The molecule has 0 spiro atoms. The van der Waals surface area contributed by atoms with Crippen molar-refractivity contribution >= 4 is 28.0 Å². The van der Waals surface area contributed by atoms with Gasteiger partial charge in [0.05, 0.1) is 16.6 Å². The third-order valence-corrected chi connectivity index (χ3v) is 4.06. The van der Waals surface area contributed by atoms with Gasteiger partial charge in [0.2, 0.25) is 5.91 Å². The molecule has 126 valence electrons. The van der Waals surface area contributed by atoms with E-state index in [0.29, 0.717) is 6.54 Å². The summed E-state index contributed by atoms with van der Waals surface area (Å²) >= 11 is 0. The second kappa shape index (κ2) is 6.72. The number of aromatic nitrogens is 5. The van der Waals surface area contributed by atoms with Gasteiger partial charge in [-0.25, -0.2) is 9.67 Å². The van der Waals surface area contributed by atoms with E-state index in [4.69, 9.17) is 0 Å². The molecule has 4 rings (SSSR count). The molecule has 0 aliphatic heterocycles. The minimum Gasteiger partial charge on any atom is -0.354 e. The molecule has 1 amide bonds. The van der Waals surface area contributed by atoms with Gasteiger partial charge in [-0.15, -0.1) is 5.10 Å². The minimum absolute atomic E-state index is 0.0692. The van der Waals surface area contributed by atoms with E-state index >= 15 is 0 Å². The number of rotatable bonds is 6. The summed E-state index contributed by atoms with van der Waals surface area (Å²) < 4.78 is 1.61. The highest BCUT2D eigenvalue weighted by molar-refractivity contribution is 5.79. The molecule has 25 heavy (non-hydrogen) atoms. The Morgan fingerprint density at radius 2 is 1.88 bits per heavy atom. The third-order valence-electron chi connectivity index (χ3n) is 4.06. The van der Waals surface area contributed by atoms with Gasteiger partial charge in [-0.3, -0.25) is 4.79 Å². The van der Waals surface area contributed by atoms with Crippen LogP contribution in [-0.2, 0) is 17.8 Å². The van der Waals surface area contributed by atoms with E-state index < -0.39 is 0 Å². The zero-order chi connectivity index (χ0) is 17.1. The van der Waals surface area contributed by atoms with Crippen molar-refractivity contribution in [1.82, 2.24) is 30.3 Å². The Bertz CT molecular complexity index is 985.